The van der Waals surface area contributed by atoms with E-state index < -0.39 is 0 Å². The molecule has 2 aromatic heterocycles. The molecule has 0 saturated carbocycles. The van der Waals surface area contributed by atoms with Crippen molar-refractivity contribution < 1.29 is 9.53 Å². The Hall–Kier alpha value is -2.48. The molecule has 7 heteroatoms. The molecule has 0 spiro atoms. The molecule has 1 saturated heterocycles. The number of ether oxygens (including phenoxy) is 1. The number of hydrogen-bond acceptors (Lipinski definition) is 5. The summed E-state index contributed by atoms with van der Waals surface area (Å²) < 4.78 is 7.38. The van der Waals surface area contributed by atoms with Crippen LogP contribution in [-0.4, -0.2) is 46.7 Å². The van der Waals surface area contributed by atoms with Crippen LogP contribution < -0.4 is 5.32 Å². The van der Waals surface area contributed by atoms with Crippen LogP contribution in [0.1, 0.15) is 21.1 Å². The molecule has 27 heavy (non-hydrogen) atoms. The summed E-state index contributed by atoms with van der Waals surface area (Å²) in [6.45, 7) is 4.76. The third-order valence-electron chi connectivity index (χ3n) is 4.52. The lowest BCUT2D eigenvalue weighted by Gasteiger charge is -2.25. The molecule has 1 fully saturated rings. The van der Waals surface area contributed by atoms with Crippen LogP contribution in [0.2, 0.25) is 0 Å². The molecule has 0 atom stereocenters. The van der Waals surface area contributed by atoms with Gasteiger partial charge in [-0.2, -0.15) is 0 Å². The van der Waals surface area contributed by atoms with Crippen molar-refractivity contribution in [1.29, 1.82) is 0 Å². The zero-order valence-corrected chi connectivity index (χ0v) is 15.8. The van der Waals surface area contributed by atoms with Gasteiger partial charge in [0.2, 0.25) is 0 Å². The maximum atomic E-state index is 12.4. The summed E-state index contributed by atoms with van der Waals surface area (Å²) in [5.41, 5.74) is 2.74. The number of morpholine rings is 1. The predicted octanol–water partition coefficient (Wildman–Crippen LogP) is 2.70. The summed E-state index contributed by atoms with van der Waals surface area (Å²) in [6, 6.07) is 11.5. The van der Waals surface area contributed by atoms with Crippen molar-refractivity contribution >= 4 is 17.2 Å². The molecule has 1 aliphatic heterocycles. The van der Waals surface area contributed by atoms with E-state index in [2.05, 4.69) is 20.6 Å². The quantitative estimate of drug-likeness (QED) is 0.712. The van der Waals surface area contributed by atoms with Gasteiger partial charge >= 0.3 is 0 Å². The highest BCUT2D eigenvalue weighted by molar-refractivity contribution is 7.09. The SMILES string of the molecule is O=C(NCc1nc(CN2CCOCC2)cs1)c1ccc(-n2cccc2)cc1. The van der Waals surface area contributed by atoms with E-state index in [1.54, 1.807) is 11.3 Å². The Morgan fingerprint density at radius 3 is 2.63 bits per heavy atom. The number of rotatable bonds is 6. The summed E-state index contributed by atoms with van der Waals surface area (Å²) in [4.78, 5) is 19.4. The number of thiazole rings is 1. The van der Waals surface area contributed by atoms with Crippen molar-refractivity contribution in [3.05, 3.63) is 70.4 Å². The average molecular weight is 382 g/mol. The molecule has 140 valence electrons. The van der Waals surface area contributed by atoms with E-state index in [-0.39, 0.29) is 5.91 Å². The average Bonchev–Trinajstić information content (AvgIpc) is 3.39. The Morgan fingerprint density at radius 1 is 1.15 bits per heavy atom. The number of aromatic nitrogens is 2. The van der Waals surface area contributed by atoms with Crippen molar-refractivity contribution in [2.45, 2.75) is 13.1 Å². The first kappa shape index (κ1) is 17.9. The fraction of sp³-hybridized carbons (Fsp3) is 0.300. The Morgan fingerprint density at radius 2 is 1.89 bits per heavy atom. The van der Waals surface area contributed by atoms with Gasteiger partial charge in [-0.3, -0.25) is 9.69 Å². The van der Waals surface area contributed by atoms with Gasteiger partial charge in [0.05, 0.1) is 25.5 Å². The molecule has 0 bridgehead atoms. The second kappa shape index (κ2) is 8.47. The van der Waals surface area contributed by atoms with Gasteiger partial charge in [0, 0.05) is 48.7 Å². The van der Waals surface area contributed by atoms with Crippen molar-refractivity contribution in [2.24, 2.45) is 0 Å². The van der Waals surface area contributed by atoms with E-state index in [0.717, 1.165) is 49.2 Å². The zero-order valence-electron chi connectivity index (χ0n) is 15.0. The molecular formula is C20H22N4O2S. The van der Waals surface area contributed by atoms with Crippen LogP contribution in [0, 0.1) is 0 Å². The number of amides is 1. The molecule has 1 amide bonds. The summed E-state index contributed by atoms with van der Waals surface area (Å²) >= 11 is 1.59. The Balaban J connectivity index is 1.30. The molecule has 0 aliphatic carbocycles. The highest BCUT2D eigenvalue weighted by Gasteiger charge is 2.13. The monoisotopic (exact) mass is 382 g/mol. The molecule has 1 N–H and O–H groups in total. The first-order chi connectivity index (χ1) is 13.3. The van der Waals surface area contributed by atoms with Gasteiger partial charge in [0.1, 0.15) is 5.01 Å². The molecule has 1 aliphatic rings. The standard InChI is InChI=1S/C20H22N4O2S/c25-20(16-3-5-18(6-4-16)24-7-1-2-8-24)21-13-19-22-17(15-27-19)14-23-9-11-26-12-10-23/h1-8,15H,9-14H2,(H,21,25). The largest absolute Gasteiger partial charge is 0.379 e. The second-order valence-corrected chi connectivity index (χ2v) is 7.38. The number of nitrogens with zero attached hydrogens (tertiary/aromatic N) is 3. The van der Waals surface area contributed by atoms with Crippen molar-refractivity contribution in [1.82, 2.24) is 19.8 Å². The maximum Gasteiger partial charge on any atom is 0.251 e. The number of nitrogens with one attached hydrogen (secondary N) is 1. The van der Waals surface area contributed by atoms with Gasteiger partial charge < -0.3 is 14.6 Å². The topological polar surface area (TPSA) is 59.4 Å². The van der Waals surface area contributed by atoms with E-state index in [1.807, 2.05) is 53.4 Å². The van der Waals surface area contributed by atoms with E-state index in [4.69, 9.17) is 4.74 Å². The Kier molecular flexibility index (Phi) is 5.62. The van der Waals surface area contributed by atoms with Crippen LogP contribution >= 0.6 is 11.3 Å². The summed E-state index contributed by atoms with van der Waals surface area (Å²) in [5, 5.41) is 5.95. The number of carbonyl (C=O) groups is 1. The van der Waals surface area contributed by atoms with Crippen LogP contribution in [-0.2, 0) is 17.8 Å². The molecule has 0 unspecified atom stereocenters. The van der Waals surface area contributed by atoms with E-state index in [1.165, 1.54) is 0 Å². The van der Waals surface area contributed by atoms with Crippen molar-refractivity contribution in [3.63, 3.8) is 0 Å². The van der Waals surface area contributed by atoms with Crippen LogP contribution in [0.5, 0.6) is 0 Å². The zero-order chi connectivity index (χ0) is 18.5. The van der Waals surface area contributed by atoms with E-state index in [0.29, 0.717) is 12.1 Å². The minimum Gasteiger partial charge on any atom is -0.379 e. The lowest BCUT2D eigenvalue weighted by atomic mass is 10.2. The van der Waals surface area contributed by atoms with Gasteiger partial charge in [-0.15, -0.1) is 11.3 Å². The molecular weight excluding hydrogens is 360 g/mol. The van der Waals surface area contributed by atoms with Gasteiger partial charge in [-0.1, -0.05) is 0 Å². The van der Waals surface area contributed by atoms with Crippen molar-refractivity contribution in [3.8, 4) is 5.69 Å². The lowest BCUT2D eigenvalue weighted by Crippen LogP contribution is -2.35. The van der Waals surface area contributed by atoms with Crippen molar-refractivity contribution in [2.75, 3.05) is 26.3 Å². The first-order valence-corrected chi connectivity index (χ1v) is 9.91. The summed E-state index contributed by atoms with van der Waals surface area (Å²) in [5.74, 6) is -0.0843. The molecule has 3 aromatic rings. The van der Waals surface area contributed by atoms with E-state index in [9.17, 15) is 4.79 Å². The minimum absolute atomic E-state index is 0.0843. The normalized spacial score (nSPS) is 15.0. The summed E-state index contributed by atoms with van der Waals surface area (Å²) in [6.07, 6.45) is 3.96. The highest BCUT2D eigenvalue weighted by atomic mass is 32.1. The second-order valence-electron chi connectivity index (χ2n) is 6.44. The molecule has 4 rings (SSSR count). The van der Waals surface area contributed by atoms with Gasteiger partial charge in [-0.25, -0.2) is 4.98 Å². The first-order valence-electron chi connectivity index (χ1n) is 9.03. The van der Waals surface area contributed by atoms with Crippen LogP contribution in [0.3, 0.4) is 0 Å². The minimum atomic E-state index is -0.0843. The fourth-order valence-electron chi connectivity index (χ4n) is 3.04. The smallest absolute Gasteiger partial charge is 0.251 e. The number of benzene rings is 1. The third kappa shape index (κ3) is 4.63. The van der Waals surface area contributed by atoms with E-state index >= 15 is 0 Å². The third-order valence-corrected chi connectivity index (χ3v) is 5.42. The molecule has 3 heterocycles. The molecule has 0 radical (unpaired) electrons. The Bertz CT molecular complexity index is 868. The predicted molar refractivity (Wildman–Crippen MR) is 105 cm³/mol. The molecule has 6 nitrogen and oxygen atoms in total. The van der Waals surface area contributed by atoms with Crippen LogP contribution in [0.4, 0.5) is 0 Å². The highest BCUT2D eigenvalue weighted by Crippen LogP contribution is 2.14. The van der Waals surface area contributed by atoms with Crippen LogP contribution in [0.25, 0.3) is 5.69 Å². The van der Waals surface area contributed by atoms with Gasteiger partial charge in [-0.05, 0) is 36.4 Å². The number of carbonyl (C=O) groups excluding carboxylic acids is 1. The Labute approximate surface area is 162 Å². The fourth-order valence-corrected chi connectivity index (χ4v) is 3.77. The number of hydrogen-bond donors (Lipinski definition) is 1. The maximum absolute atomic E-state index is 12.4. The summed E-state index contributed by atoms with van der Waals surface area (Å²) in [7, 11) is 0. The molecule has 1 aromatic carbocycles. The van der Waals surface area contributed by atoms with Gasteiger partial charge in [0.15, 0.2) is 0 Å². The lowest BCUT2D eigenvalue weighted by molar-refractivity contribution is 0.0337. The van der Waals surface area contributed by atoms with Crippen LogP contribution in [0.15, 0.2) is 54.2 Å². The van der Waals surface area contributed by atoms with Gasteiger partial charge in [0.25, 0.3) is 5.91 Å².